The lowest BCUT2D eigenvalue weighted by Crippen LogP contribution is -2.54. The first-order chi connectivity index (χ1) is 11.0. The van der Waals surface area contributed by atoms with Crippen LogP contribution in [0.1, 0.15) is 25.3 Å². The average molecular weight is 315 g/mol. The molecule has 2 N–H and O–H groups in total. The van der Waals surface area contributed by atoms with E-state index in [0.29, 0.717) is 19.3 Å². The van der Waals surface area contributed by atoms with Gasteiger partial charge in [0.1, 0.15) is 18.3 Å². The highest BCUT2D eigenvalue weighted by Gasteiger charge is 2.61. The molecule has 0 spiro atoms. The summed E-state index contributed by atoms with van der Waals surface area (Å²) in [5, 5.41) is 25.2. The minimum atomic E-state index is -1.37. The lowest BCUT2D eigenvalue weighted by atomic mass is 9.71. The molecule has 0 aliphatic heterocycles. The number of rotatable bonds is 5. The predicted octanol–water partition coefficient (Wildman–Crippen LogP) is 1.75. The highest BCUT2D eigenvalue weighted by atomic mass is 16.4. The molecule has 3 rings (SSSR count). The number of aromatic nitrogens is 3. The van der Waals surface area contributed by atoms with Crippen LogP contribution in [0.5, 0.6) is 0 Å². The number of aliphatic carboxylic acids is 1. The number of hydrogen-bond donors (Lipinski definition) is 2. The number of carboxylic acid groups (broad SMARTS) is 1. The van der Waals surface area contributed by atoms with Gasteiger partial charge in [-0.1, -0.05) is 30.3 Å². The molecule has 0 bridgehead atoms. The summed E-state index contributed by atoms with van der Waals surface area (Å²) >= 11 is 0. The Morgan fingerprint density at radius 1 is 1.39 bits per heavy atom. The van der Waals surface area contributed by atoms with E-state index < -0.39 is 17.0 Å². The van der Waals surface area contributed by atoms with Crippen LogP contribution in [0, 0.1) is 11.3 Å². The summed E-state index contributed by atoms with van der Waals surface area (Å²) in [4.78, 5) is 15.8. The second-order valence-electron chi connectivity index (χ2n) is 6.58. The first kappa shape index (κ1) is 15.7. The van der Waals surface area contributed by atoms with Crippen LogP contribution < -0.4 is 0 Å². The molecule has 3 atom stereocenters. The molecule has 1 aliphatic carbocycles. The van der Waals surface area contributed by atoms with Crippen molar-refractivity contribution < 1.29 is 15.0 Å². The molecule has 23 heavy (non-hydrogen) atoms. The maximum absolute atomic E-state index is 11.9. The van der Waals surface area contributed by atoms with Crippen LogP contribution in [0.2, 0.25) is 0 Å². The standard InChI is InChI=1S/C17H21N3O3/c1-16(15(21)22)8-7-14(9-13-5-3-2-4-6-13)17(16,23)10-20-12-18-11-19-20/h2-6,11-12,14,23H,7-10H2,1H3,(H,21,22)/t14-,16-,17+/m0/s1. The normalized spacial score (nSPS) is 30.4. The Labute approximate surface area is 134 Å². The SMILES string of the molecule is C[C@@]1(C(=O)O)CC[C@@H](Cc2ccccc2)[C@]1(O)Cn1cncn1. The molecule has 1 heterocycles. The predicted molar refractivity (Wildman–Crippen MR) is 83.6 cm³/mol. The van der Waals surface area contributed by atoms with Gasteiger partial charge in [0.05, 0.1) is 12.0 Å². The van der Waals surface area contributed by atoms with E-state index in [9.17, 15) is 15.0 Å². The van der Waals surface area contributed by atoms with Crippen LogP contribution in [0.4, 0.5) is 0 Å². The van der Waals surface area contributed by atoms with Crippen molar-refractivity contribution in [2.75, 3.05) is 0 Å². The average Bonchev–Trinajstić information content (AvgIpc) is 3.11. The van der Waals surface area contributed by atoms with Crippen molar-refractivity contribution in [3.8, 4) is 0 Å². The Morgan fingerprint density at radius 2 is 2.13 bits per heavy atom. The Bertz CT molecular complexity index is 674. The number of carbonyl (C=O) groups is 1. The van der Waals surface area contributed by atoms with Crippen LogP contribution in [0.15, 0.2) is 43.0 Å². The molecule has 2 aromatic rings. The Morgan fingerprint density at radius 3 is 2.74 bits per heavy atom. The van der Waals surface area contributed by atoms with Gasteiger partial charge in [-0.2, -0.15) is 5.10 Å². The summed E-state index contributed by atoms with van der Waals surface area (Å²) in [6.45, 7) is 1.77. The second-order valence-corrected chi connectivity index (χ2v) is 6.58. The van der Waals surface area contributed by atoms with E-state index in [-0.39, 0.29) is 12.5 Å². The molecular formula is C17H21N3O3. The van der Waals surface area contributed by atoms with Crippen molar-refractivity contribution in [1.29, 1.82) is 0 Å². The second kappa shape index (κ2) is 5.77. The molecule has 1 aromatic heterocycles. The van der Waals surface area contributed by atoms with Gasteiger partial charge in [0.2, 0.25) is 0 Å². The molecule has 0 saturated heterocycles. The summed E-state index contributed by atoms with van der Waals surface area (Å²) in [6.07, 6.45) is 4.67. The number of carboxylic acids is 1. The molecule has 0 amide bonds. The lowest BCUT2D eigenvalue weighted by Gasteiger charge is -2.40. The first-order valence-corrected chi connectivity index (χ1v) is 7.78. The molecule has 1 aromatic carbocycles. The third-order valence-electron chi connectivity index (χ3n) is 5.29. The molecule has 122 valence electrons. The fraction of sp³-hybridized carbons (Fsp3) is 0.471. The van der Waals surface area contributed by atoms with Crippen LogP contribution in [0.3, 0.4) is 0 Å². The monoisotopic (exact) mass is 315 g/mol. The van der Waals surface area contributed by atoms with Crippen LogP contribution in [-0.4, -0.2) is 36.5 Å². The van der Waals surface area contributed by atoms with E-state index >= 15 is 0 Å². The number of nitrogens with zero attached hydrogens (tertiary/aromatic N) is 3. The Balaban J connectivity index is 1.93. The van der Waals surface area contributed by atoms with Gasteiger partial charge in [0.15, 0.2) is 0 Å². The van der Waals surface area contributed by atoms with Crippen molar-refractivity contribution in [3.05, 3.63) is 48.5 Å². The molecule has 0 unspecified atom stereocenters. The summed E-state index contributed by atoms with van der Waals surface area (Å²) in [5.41, 5.74) is -1.47. The number of aliphatic hydroxyl groups is 1. The van der Waals surface area contributed by atoms with E-state index in [2.05, 4.69) is 10.1 Å². The molecule has 1 saturated carbocycles. The van der Waals surface area contributed by atoms with E-state index in [0.717, 1.165) is 5.56 Å². The molecule has 1 fully saturated rings. The highest BCUT2D eigenvalue weighted by Crippen LogP contribution is 2.52. The molecule has 0 radical (unpaired) electrons. The fourth-order valence-electron chi connectivity index (χ4n) is 3.70. The summed E-state index contributed by atoms with van der Waals surface area (Å²) in [7, 11) is 0. The van der Waals surface area contributed by atoms with Gasteiger partial charge < -0.3 is 10.2 Å². The molecule has 6 heteroatoms. The van der Waals surface area contributed by atoms with E-state index in [1.807, 2.05) is 30.3 Å². The molecular weight excluding hydrogens is 294 g/mol. The lowest BCUT2D eigenvalue weighted by molar-refractivity contribution is -0.169. The van der Waals surface area contributed by atoms with Gasteiger partial charge in [-0.05, 0) is 37.7 Å². The van der Waals surface area contributed by atoms with E-state index in [1.165, 1.54) is 17.3 Å². The third-order valence-corrected chi connectivity index (χ3v) is 5.29. The first-order valence-electron chi connectivity index (χ1n) is 7.78. The van der Waals surface area contributed by atoms with Crippen molar-refractivity contribution in [2.24, 2.45) is 11.3 Å². The maximum Gasteiger partial charge on any atom is 0.312 e. The van der Waals surface area contributed by atoms with Gasteiger partial charge >= 0.3 is 5.97 Å². The van der Waals surface area contributed by atoms with Crippen molar-refractivity contribution in [3.63, 3.8) is 0 Å². The van der Waals surface area contributed by atoms with Gasteiger partial charge in [0, 0.05) is 0 Å². The zero-order chi connectivity index (χ0) is 16.5. The van der Waals surface area contributed by atoms with Crippen molar-refractivity contribution in [2.45, 2.75) is 38.3 Å². The smallest absolute Gasteiger partial charge is 0.312 e. The fourth-order valence-corrected chi connectivity index (χ4v) is 3.70. The van der Waals surface area contributed by atoms with Crippen molar-refractivity contribution >= 4 is 5.97 Å². The van der Waals surface area contributed by atoms with E-state index in [1.54, 1.807) is 6.92 Å². The zero-order valence-corrected chi connectivity index (χ0v) is 13.1. The van der Waals surface area contributed by atoms with Gasteiger partial charge in [-0.3, -0.25) is 9.48 Å². The van der Waals surface area contributed by atoms with Gasteiger partial charge in [-0.25, -0.2) is 4.98 Å². The van der Waals surface area contributed by atoms with Crippen molar-refractivity contribution in [1.82, 2.24) is 14.8 Å². The zero-order valence-electron chi connectivity index (χ0n) is 13.1. The van der Waals surface area contributed by atoms with Crippen LogP contribution in [-0.2, 0) is 17.8 Å². The summed E-state index contributed by atoms with van der Waals surface area (Å²) < 4.78 is 1.52. The minimum Gasteiger partial charge on any atom is -0.481 e. The molecule has 1 aliphatic rings. The highest BCUT2D eigenvalue weighted by molar-refractivity contribution is 5.76. The Hall–Kier alpha value is -2.21. The van der Waals surface area contributed by atoms with Crippen LogP contribution >= 0.6 is 0 Å². The quantitative estimate of drug-likeness (QED) is 0.877. The topological polar surface area (TPSA) is 88.2 Å². The number of benzene rings is 1. The maximum atomic E-state index is 11.9. The molecule has 6 nitrogen and oxygen atoms in total. The third kappa shape index (κ3) is 2.63. The summed E-state index contributed by atoms with van der Waals surface area (Å²) in [6, 6.07) is 9.87. The van der Waals surface area contributed by atoms with E-state index in [4.69, 9.17) is 0 Å². The minimum absolute atomic E-state index is 0.132. The van der Waals surface area contributed by atoms with Crippen LogP contribution in [0.25, 0.3) is 0 Å². The largest absolute Gasteiger partial charge is 0.481 e. The number of hydrogen-bond acceptors (Lipinski definition) is 4. The van der Waals surface area contributed by atoms with Gasteiger partial charge in [-0.15, -0.1) is 0 Å². The van der Waals surface area contributed by atoms with Gasteiger partial charge in [0.25, 0.3) is 0 Å². The Kier molecular flexibility index (Phi) is 3.93. The summed E-state index contributed by atoms with van der Waals surface area (Å²) in [5.74, 6) is -1.11.